The second kappa shape index (κ2) is 12.1. The van der Waals surface area contributed by atoms with E-state index < -0.39 is 0 Å². The number of carbonyl (C=O) groups excluding carboxylic acids is 1. The van der Waals surface area contributed by atoms with E-state index in [-0.39, 0.29) is 11.9 Å². The van der Waals surface area contributed by atoms with Gasteiger partial charge >= 0.3 is 0 Å². The second-order valence-electron chi connectivity index (χ2n) is 9.86. The Balaban J connectivity index is 1.45. The van der Waals surface area contributed by atoms with Crippen LogP contribution in [0.25, 0.3) is 0 Å². The smallest absolute Gasteiger partial charge is 0.247 e. The molecule has 10 nitrogen and oxygen atoms in total. The fourth-order valence-electron chi connectivity index (χ4n) is 5.07. The number of amides is 1. The van der Waals surface area contributed by atoms with Gasteiger partial charge in [0.05, 0.1) is 36.8 Å². The van der Waals surface area contributed by atoms with E-state index in [0.29, 0.717) is 35.4 Å². The maximum absolute atomic E-state index is 12.3. The van der Waals surface area contributed by atoms with Crippen molar-refractivity contribution in [3.8, 4) is 5.75 Å². The fraction of sp³-hybridized carbons (Fsp3) is 0.345. The van der Waals surface area contributed by atoms with Gasteiger partial charge in [-0.25, -0.2) is 15.0 Å². The van der Waals surface area contributed by atoms with E-state index in [2.05, 4.69) is 50.1 Å². The van der Waals surface area contributed by atoms with Gasteiger partial charge in [-0.1, -0.05) is 30.3 Å². The average molecular weight is 564 g/mol. The number of piperazine rings is 1. The number of benzene rings is 2. The van der Waals surface area contributed by atoms with Crippen molar-refractivity contribution in [3.63, 3.8) is 0 Å². The molecule has 2 N–H and O–H groups in total. The Kier molecular flexibility index (Phi) is 8.39. The van der Waals surface area contributed by atoms with Crippen molar-refractivity contribution in [1.29, 1.82) is 0 Å². The number of aromatic nitrogens is 2. The number of ether oxygens (including phenoxy) is 1. The Hall–Kier alpha value is -3.86. The Labute approximate surface area is 239 Å². The van der Waals surface area contributed by atoms with Crippen LogP contribution in [-0.4, -0.2) is 67.7 Å². The van der Waals surface area contributed by atoms with Crippen molar-refractivity contribution in [3.05, 3.63) is 71.5 Å². The Morgan fingerprint density at radius 1 is 1.18 bits per heavy atom. The van der Waals surface area contributed by atoms with Crippen LogP contribution in [-0.2, 0) is 9.63 Å². The molecule has 2 fully saturated rings. The maximum Gasteiger partial charge on any atom is 0.247 e. The summed E-state index contributed by atoms with van der Waals surface area (Å²) >= 11 is 6.41. The minimum absolute atomic E-state index is 0.0282. The standard InChI is InChI=1S/C29H34ClN7O3/c1-5-29(38)34-22-15-23(26(39-4)16-25(22)36-12-10-35(3)11-13-36)33-27-17-28(32-18-31-27)37-24(9-14-40-37)20-7-6-8-21(30)19(20)2/h5-8,15-18,24H,1,9-14H2,2-4H3,(H,34,38)(H,31,32,33). The lowest BCUT2D eigenvalue weighted by Gasteiger charge is -2.35. The molecule has 40 heavy (non-hydrogen) atoms. The molecule has 5 rings (SSSR count). The van der Waals surface area contributed by atoms with Gasteiger partial charge in [0.15, 0.2) is 5.82 Å². The number of nitrogens with zero attached hydrogens (tertiary/aromatic N) is 5. The molecule has 1 amide bonds. The van der Waals surface area contributed by atoms with Crippen molar-refractivity contribution in [1.82, 2.24) is 14.9 Å². The van der Waals surface area contributed by atoms with Crippen LogP contribution in [0.3, 0.4) is 0 Å². The summed E-state index contributed by atoms with van der Waals surface area (Å²) in [6.07, 6.45) is 3.56. The van der Waals surface area contributed by atoms with Gasteiger partial charge in [0.1, 0.15) is 17.9 Å². The summed E-state index contributed by atoms with van der Waals surface area (Å²) in [5.41, 5.74) is 4.32. The number of methoxy groups -OCH3 is 1. The van der Waals surface area contributed by atoms with E-state index in [4.69, 9.17) is 21.2 Å². The van der Waals surface area contributed by atoms with E-state index in [0.717, 1.165) is 54.4 Å². The van der Waals surface area contributed by atoms with Crippen LogP contribution < -0.4 is 25.3 Å². The van der Waals surface area contributed by atoms with Crippen molar-refractivity contribution in [2.24, 2.45) is 0 Å². The van der Waals surface area contributed by atoms with Gasteiger partial charge in [0, 0.05) is 49.8 Å². The number of anilines is 5. The molecule has 0 spiro atoms. The van der Waals surface area contributed by atoms with Crippen molar-refractivity contribution >= 4 is 46.2 Å². The average Bonchev–Trinajstić information content (AvgIpc) is 3.45. The molecule has 0 aliphatic carbocycles. The first-order valence-corrected chi connectivity index (χ1v) is 13.6. The molecule has 2 saturated heterocycles. The van der Waals surface area contributed by atoms with Gasteiger partial charge in [0.2, 0.25) is 5.91 Å². The van der Waals surface area contributed by atoms with Crippen LogP contribution in [0.15, 0.2) is 55.4 Å². The van der Waals surface area contributed by atoms with E-state index in [1.807, 2.05) is 42.3 Å². The molecule has 210 valence electrons. The summed E-state index contributed by atoms with van der Waals surface area (Å²) < 4.78 is 5.76. The van der Waals surface area contributed by atoms with Crippen LogP contribution in [0.5, 0.6) is 5.75 Å². The minimum Gasteiger partial charge on any atom is -0.494 e. The lowest BCUT2D eigenvalue weighted by atomic mass is 9.99. The highest BCUT2D eigenvalue weighted by Gasteiger charge is 2.31. The summed E-state index contributed by atoms with van der Waals surface area (Å²) in [6, 6.07) is 11.5. The van der Waals surface area contributed by atoms with Crippen molar-refractivity contribution in [2.45, 2.75) is 19.4 Å². The number of likely N-dealkylation sites (N-methyl/N-ethyl adjacent to an activating group) is 1. The van der Waals surface area contributed by atoms with Gasteiger partial charge in [-0.3, -0.25) is 9.63 Å². The van der Waals surface area contributed by atoms with Crippen molar-refractivity contribution < 1.29 is 14.4 Å². The number of hydroxylamine groups is 1. The monoisotopic (exact) mass is 563 g/mol. The molecule has 11 heteroatoms. The third-order valence-corrected chi connectivity index (χ3v) is 7.73. The number of nitrogens with one attached hydrogen (secondary N) is 2. The third-order valence-electron chi connectivity index (χ3n) is 7.32. The van der Waals surface area contributed by atoms with Crippen molar-refractivity contribution in [2.75, 3.05) is 67.5 Å². The zero-order valence-electron chi connectivity index (χ0n) is 23.0. The first-order valence-electron chi connectivity index (χ1n) is 13.2. The summed E-state index contributed by atoms with van der Waals surface area (Å²) in [6.45, 7) is 9.71. The molecule has 0 bridgehead atoms. The molecule has 3 aromatic rings. The number of carbonyl (C=O) groups is 1. The maximum atomic E-state index is 12.3. The zero-order valence-corrected chi connectivity index (χ0v) is 23.7. The molecular weight excluding hydrogens is 530 g/mol. The van der Waals surface area contributed by atoms with Crippen LogP contribution in [0.1, 0.15) is 23.6 Å². The summed E-state index contributed by atoms with van der Waals surface area (Å²) in [4.78, 5) is 31.8. The molecule has 2 aliphatic rings. The first kappa shape index (κ1) is 27.7. The molecule has 2 aliphatic heterocycles. The predicted molar refractivity (Wildman–Crippen MR) is 159 cm³/mol. The topological polar surface area (TPSA) is 95.1 Å². The van der Waals surface area contributed by atoms with E-state index in [1.165, 1.54) is 12.4 Å². The van der Waals surface area contributed by atoms with Crippen LogP contribution in [0.2, 0.25) is 5.02 Å². The third kappa shape index (κ3) is 5.84. The van der Waals surface area contributed by atoms with Gasteiger partial charge in [-0.2, -0.15) is 0 Å². The minimum atomic E-state index is -0.288. The number of hydrogen-bond donors (Lipinski definition) is 2. The Bertz CT molecular complexity index is 1390. The van der Waals surface area contributed by atoms with Gasteiger partial charge < -0.3 is 25.2 Å². The highest BCUT2D eigenvalue weighted by atomic mass is 35.5. The Morgan fingerprint density at radius 3 is 2.73 bits per heavy atom. The van der Waals surface area contributed by atoms with Gasteiger partial charge in [-0.05, 0) is 43.3 Å². The first-order chi connectivity index (χ1) is 19.4. The quantitative estimate of drug-likeness (QED) is 0.369. The number of rotatable bonds is 8. The Morgan fingerprint density at radius 2 is 1.98 bits per heavy atom. The molecule has 3 heterocycles. The molecule has 2 aromatic carbocycles. The summed E-state index contributed by atoms with van der Waals surface area (Å²) in [7, 11) is 3.73. The second-order valence-corrected chi connectivity index (χ2v) is 10.3. The highest BCUT2D eigenvalue weighted by Crippen LogP contribution is 2.40. The molecular formula is C29H34ClN7O3. The largest absolute Gasteiger partial charge is 0.494 e. The molecule has 0 saturated carbocycles. The fourth-order valence-corrected chi connectivity index (χ4v) is 5.25. The normalized spacial score (nSPS) is 17.6. The molecule has 1 atom stereocenters. The SMILES string of the molecule is C=CC(=O)Nc1cc(Nc2cc(N3OCCC3c3cccc(Cl)c3C)ncn2)c(OC)cc1N1CCN(C)CC1. The van der Waals surface area contributed by atoms with Crippen LogP contribution in [0, 0.1) is 6.92 Å². The van der Waals surface area contributed by atoms with Gasteiger partial charge in [-0.15, -0.1) is 0 Å². The number of hydrogen-bond acceptors (Lipinski definition) is 9. The summed E-state index contributed by atoms with van der Waals surface area (Å²) in [5, 5.41) is 8.84. The van der Waals surface area contributed by atoms with Crippen LogP contribution >= 0.6 is 11.6 Å². The lowest BCUT2D eigenvalue weighted by molar-refractivity contribution is -0.111. The van der Waals surface area contributed by atoms with E-state index in [9.17, 15) is 4.79 Å². The lowest BCUT2D eigenvalue weighted by Crippen LogP contribution is -2.44. The molecule has 1 aromatic heterocycles. The summed E-state index contributed by atoms with van der Waals surface area (Å²) in [5.74, 6) is 1.50. The highest BCUT2D eigenvalue weighted by molar-refractivity contribution is 6.31. The van der Waals surface area contributed by atoms with E-state index in [1.54, 1.807) is 7.11 Å². The molecule has 0 radical (unpaired) electrons. The predicted octanol–water partition coefficient (Wildman–Crippen LogP) is 4.95. The van der Waals surface area contributed by atoms with Crippen LogP contribution in [0.4, 0.5) is 28.7 Å². The number of halogens is 1. The van der Waals surface area contributed by atoms with E-state index >= 15 is 0 Å². The zero-order chi connectivity index (χ0) is 28.2. The molecule has 1 unspecified atom stereocenters. The van der Waals surface area contributed by atoms with Gasteiger partial charge in [0.25, 0.3) is 0 Å².